The van der Waals surface area contributed by atoms with Gasteiger partial charge in [-0.15, -0.1) is 5.92 Å². The summed E-state index contributed by atoms with van der Waals surface area (Å²) in [6, 6.07) is 0. The zero-order valence-corrected chi connectivity index (χ0v) is 18.0. The number of imidazole rings is 1. The van der Waals surface area contributed by atoms with Gasteiger partial charge < -0.3 is 5.73 Å². The van der Waals surface area contributed by atoms with Crippen molar-refractivity contribution >= 4 is 44.6 Å². The van der Waals surface area contributed by atoms with Gasteiger partial charge in [-0.3, -0.25) is 14.3 Å². The second-order valence-electron chi connectivity index (χ2n) is 6.25. The standard InChI is InChI=1S/C18H19BrClN6O2/c1-4-5-6-7-24-14-15(20)22-17(21)23-16(14)25(18(24)27)9-12-11(3)13(19)10(2)8-26(12)28/h8,28H,4,7,9H2,1-3H3,(H2,21,22,23)/q+1. The van der Waals surface area contributed by atoms with Crippen LogP contribution in [0.1, 0.15) is 30.2 Å². The van der Waals surface area contributed by atoms with Gasteiger partial charge in [-0.05, 0) is 29.8 Å². The highest BCUT2D eigenvalue weighted by Crippen LogP contribution is 2.24. The molecule has 3 aromatic heterocycles. The summed E-state index contributed by atoms with van der Waals surface area (Å²) in [5.41, 5.74) is 8.22. The number of hydrogen-bond acceptors (Lipinski definition) is 5. The SMILES string of the molecule is CCC#CCn1c(=O)n(Cc2c(C)c(Br)c(C)c[n+]2O)c2nc(N)nc(Cl)c21. The van der Waals surface area contributed by atoms with Crippen LogP contribution in [-0.4, -0.2) is 24.3 Å². The first kappa shape index (κ1) is 20.2. The van der Waals surface area contributed by atoms with Crippen molar-refractivity contribution in [2.24, 2.45) is 0 Å². The number of pyridine rings is 1. The fourth-order valence-corrected chi connectivity index (χ4v) is 3.59. The monoisotopic (exact) mass is 465 g/mol. The molecule has 0 amide bonds. The van der Waals surface area contributed by atoms with Crippen LogP contribution in [0.3, 0.4) is 0 Å². The number of anilines is 1. The van der Waals surface area contributed by atoms with Crippen LogP contribution < -0.4 is 16.2 Å². The Kier molecular flexibility index (Phi) is 5.63. The van der Waals surface area contributed by atoms with Gasteiger partial charge in [0.15, 0.2) is 10.8 Å². The molecule has 3 rings (SSSR count). The highest BCUT2D eigenvalue weighted by Gasteiger charge is 2.25. The number of halogens is 2. The summed E-state index contributed by atoms with van der Waals surface area (Å²) in [7, 11) is 0. The lowest BCUT2D eigenvalue weighted by Gasteiger charge is -2.06. The van der Waals surface area contributed by atoms with Gasteiger partial charge in [-0.2, -0.15) is 9.97 Å². The zero-order chi connectivity index (χ0) is 20.6. The molecule has 0 unspecified atom stereocenters. The van der Waals surface area contributed by atoms with E-state index in [0.29, 0.717) is 17.6 Å². The van der Waals surface area contributed by atoms with Crippen LogP contribution in [0.15, 0.2) is 15.5 Å². The van der Waals surface area contributed by atoms with E-state index in [4.69, 9.17) is 17.3 Å². The van der Waals surface area contributed by atoms with Gasteiger partial charge in [-0.25, -0.2) is 4.79 Å². The van der Waals surface area contributed by atoms with Crippen LogP contribution in [0.2, 0.25) is 5.15 Å². The molecule has 0 aliphatic carbocycles. The van der Waals surface area contributed by atoms with Crippen LogP contribution in [0.4, 0.5) is 5.95 Å². The topological polar surface area (TPSA) is 103 Å². The molecule has 0 fully saturated rings. The van der Waals surface area contributed by atoms with Crippen LogP contribution in [0.25, 0.3) is 11.2 Å². The molecule has 8 nitrogen and oxygen atoms in total. The molecule has 0 aliphatic rings. The Morgan fingerprint density at radius 2 is 2.04 bits per heavy atom. The van der Waals surface area contributed by atoms with E-state index in [-0.39, 0.29) is 35.5 Å². The number of fused-ring (bicyclic) bond motifs is 1. The highest BCUT2D eigenvalue weighted by molar-refractivity contribution is 9.10. The maximum atomic E-state index is 13.1. The van der Waals surface area contributed by atoms with E-state index >= 15 is 0 Å². The number of nitrogens with two attached hydrogens (primary N) is 1. The van der Waals surface area contributed by atoms with E-state index in [2.05, 4.69) is 37.7 Å². The minimum absolute atomic E-state index is 0.0401. The van der Waals surface area contributed by atoms with Crippen molar-refractivity contribution in [2.75, 3.05) is 5.73 Å². The molecule has 28 heavy (non-hydrogen) atoms. The Hall–Kier alpha value is -2.57. The third-order valence-corrected chi connectivity index (χ3v) is 5.86. The number of nitrogens with zero attached hydrogens (tertiary/aromatic N) is 5. The molecule has 10 heteroatoms. The highest BCUT2D eigenvalue weighted by atomic mass is 79.9. The van der Waals surface area contributed by atoms with Crippen LogP contribution >= 0.6 is 27.5 Å². The summed E-state index contributed by atoms with van der Waals surface area (Å²) in [4.78, 5) is 21.3. The lowest BCUT2D eigenvalue weighted by molar-refractivity contribution is -0.910. The molecule has 3 N–H and O–H groups in total. The second-order valence-corrected chi connectivity index (χ2v) is 7.40. The van der Waals surface area contributed by atoms with Crippen molar-refractivity contribution < 1.29 is 9.94 Å². The molecule has 3 aromatic rings. The van der Waals surface area contributed by atoms with E-state index in [9.17, 15) is 10.0 Å². The smallest absolute Gasteiger partial charge is 0.331 e. The molecule has 0 radical (unpaired) electrons. The average Bonchev–Trinajstić information content (AvgIpc) is 2.89. The second kappa shape index (κ2) is 7.81. The Morgan fingerprint density at radius 3 is 2.71 bits per heavy atom. The average molecular weight is 467 g/mol. The molecule has 0 saturated carbocycles. The number of aryl methyl sites for hydroxylation is 1. The van der Waals surface area contributed by atoms with Crippen LogP contribution in [0.5, 0.6) is 0 Å². The maximum Gasteiger partial charge on any atom is 0.331 e. The predicted octanol–water partition coefficient (Wildman–Crippen LogP) is 2.19. The third kappa shape index (κ3) is 3.45. The van der Waals surface area contributed by atoms with Crippen molar-refractivity contribution in [3.63, 3.8) is 0 Å². The molecular weight excluding hydrogens is 448 g/mol. The van der Waals surface area contributed by atoms with Gasteiger partial charge in [-0.1, -0.05) is 24.4 Å². The van der Waals surface area contributed by atoms with E-state index in [1.807, 2.05) is 20.8 Å². The summed E-state index contributed by atoms with van der Waals surface area (Å²) in [5.74, 6) is 5.83. The lowest BCUT2D eigenvalue weighted by atomic mass is 10.1. The van der Waals surface area contributed by atoms with E-state index < -0.39 is 0 Å². The minimum atomic E-state index is -0.363. The number of aromatic nitrogens is 5. The van der Waals surface area contributed by atoms with Crippen molar-refractivity contribution in [3.05, 3.63) is 43.1 Å². The van der Waals surface area contributed by atoms with Crippen LogP contribution in [0, 0.1) is 25.7 Å². The Labute approximate surface area is 174 Å². The molecule has 3 heterocycles. The summed E-state index contributed by atoms with van der Waals surface area (Å²) in [6.45, 7) is 5.86. The summed E-state index contributed by atoms with van der Waals surface area (Å²) >= 11 is 9.78. The molecule has 0 saturated heterocycles. The lowest BCUT2D eigenvalue weighted by Crippen LogP contribution is -2.39. The largest absolute Gasteiger partial charge is 0.368 e. The maximum absolute atomic E-state index is 13.1. The Bertz CT molecular complexity index is 1210. The first-order valence-electron chi connectivity index (χ1n) is 8.53. The van der Waals surface area contributed by atoms with Crippen LogP contribution in [-0.2, 0) is 13.1 Å². The predicted molar refractivity (Wildman–Crippen MR) is 109 cm³/mol. The zero-order valence-electron chi connectivity index (χ0n) is 15.6. The Morgan fingerprint density at radius 1 is 1.32 bits per heavy atom. The first-order chi connectivity index (χ1) is 13.3. The third-order valence-electron chi connectivity index (χ3n) is 4.38. The van der Waals surface area contributed by atoms with E-state index in [1.54, 1.807) is 6.20 Å². The fraction of sp³-hybridized carbons (Fsp3) is 0.333. The van der Waals surface area contributed by atoms with Crippen molar-refractivity contribution in [1.82, 2.24) is 19.1 Å². The normalized spacial score (nSPS) is 10.9. The van der Waals surface area contributed by atoms with Crippen molar-refractivity contribution in [1.29, 1.82) is 0 Å². The molecule has 0 atom stereocenters. The molecule has 146 valence electrons. The molecule has 0 bridgehead atoms. The molecule has 0 aromatic carbocycles. The summed E-state index contributed by atoms with van der Waals surface area (Å²) < 4.78 is 4.68. The van der Waals surface area contributed by atoms with E-state index in [0.717, 1.165) is 20.3 Å². The number of rotatable bonds is 3. The van der Waals surface area contributed by atoms with Gasteiger partial charge in [0.25, 0.3) is 5.69 Å². The van der Waals surface area contributed by atoms with Gasteiger partial charge in [0.05, 0.1) is 6.54 Å². The van der Waals surface area contributed by atoms with Gasteiger partial charge in [0.1, 0.15) is 12.1 Å². The summed E-state index contributed by atoms with van der Waals surface area (Å²) in [6.07, 6.45) is 2.24. The van der Waals surface area contributed by atoms with E-state index in [1.165, 1.54) is 9.13 Å². The van der Waals surface area contributed by atoms with Gasteiger partial charge >= 0.3 is 5.69 Å². The fourth-order valence-electron chi connectivity index (χ4n) is 2.99. The first-order valence-corrected chi connectivity index (χ1v) is 9.70. The summed E-state index contributed by atoms with van der Waals surface area (Å²) in [5, 5.41) is 10.5. The van der Waals surface area contributed by atoms with Gasteiger partial charge in [0, 0.05) is 26.8 Å². The molecular formula is C18H19BrClN6O2+. The quantitative estimate of drug-likeness (QED) is 0.267. The minimum Gasteiger partial charge on any atom is -0.368 e. The Balaban J connectivity index is 2.26. The van der Waals surface area contributed by atoms with Crippen molar-refractivity contribution in [3.8, 4) is 11.8 Å². The molecule has 0 aliphatic heterocycles. The van der Waals surface area contributed by atoms with Gasteiger partial charge in [0.2, 0.25) is 12.1 Å². The number of nitrogen functional groups attached to an aromatic ring is 1. The van der Waals surface area contributed by atoms with Crippen molar-refractivity contribution in [2.45, 2.75) is 40.3 Å². The number of hydrogen-bond donors (Lipinski definition) is 2. The molecule has 0 spiro atoms.